The topological polar surface area (TPSA) is 32.3 Å². The van der Waals surface area contributed by atoms with Crippen LogP contribution in [0.25, 0.3) is 0 Å². The smallest absolute Gasteiger partial charge is 0.226 e. The van der Waals surface area contributed by atoms with E-state index in [1.807, 2.05) is 6.07 Å². The number of rotatable bonds is 3. The predicted octanol–water partition coefficient (Wildman–Crippen LogP) is 4.13. The summed E-state index contributed by atoms with van der Waals surface area (Å²) in [5, 5.41) is 3.42. The number of piperidine rings is 1. The minimum Gasteiger partial charge on any atom is -0.371 e. The Morgan fingerprint density at radius 1 is 1.04 bits per heavy atom. The van der Waals surface area contributed by atoms with Gasteiger partial charge in [0.05, 0.1) is 0 Å². The summed E-state index contributed by atoms with van der Waals surface area (Å²) in [6, 6.07) is 7.11. The Balaban J connectivity index is 1.20. The number of carbonyl (C=O) groups excluding carboxylic acids is 1. The zero-order chi connectivity index (χ0) is 17.7. The molecule has 0 spiro atoms. The Bertz CT molecular complexity index is 660. The van der Waals surface area contributed by atoms with Gasteiger partial charge in [-0.3, -0.25) is 4.79 Å². The van der Waals surface area contributed by atoms with Gasteiger partial charge in [0.25, 0.3) is 0 Å². The molecule has 4 saturated carbocycles. The van der Waals surface area contributed by atoms with E-state index in [2.05, 4.69) is 10.2 Å². The van der Waals surface area contributed by atoms with E-state index in [1.54, 1.807) is 12.1 Å². The lowest BCUT2D eigenvalue weighted by Crippen LogP contribution is -2.56. The highest BCUT2D eigenvalue weighted by Crippen LogP contribution is 2.60. The van der Waals surface area contributed by atoms with Crippen LogP contribution in [0.5, 0.6) is 0 Å². The van der Waals surface area contributed by atoms with Crippen LogP contribution in [0.4, 0.5) is 10.1 Å². The van der Waals surface area contributed by atoms with E-state index in [0.29, 0.717) is 5.91 Å². The van der Waals surface area contributed by atoms with Crippen LogP contribution < -0.4 is 10.2 Å². The number of hydrogen-bond donors (Lipinski definition) is 1. The normalized spacial score (nSPS) is 36.3. The van der Waals surface area contributed by atoms with Crippen molar-refractivity contribution in [3.8, 4) is 0 Å². The molecule has 1 aromatic carbocycles. The van der Waals surface area contributed by atoms with Gasteiger partial charge in [0.2, 0.25) is 5.91 Å². The third-order valence-electron chi connectivity index (χ3n) is 7.52. The largest absolute Gasteiger partial charge is 0.371 e. The molecule has 0 radical (unpaired) electrons. The van der Waals surface area contributed by atoms with Crippen molar-refractivity contribution in [2.45, 2.75) is 57.4 Å². The fourth-order valence-corrected chi connectivity index (χ4v) is 6.68. The highest BCUT2D eigenvalue weighted by Gasteiger charge is 2.54. The van der Waals surface area contributed by atoms with E-state index in [-0.39, 0.29) is 17.3 Å². The molecular formula is C22H29FN2O. The summed E-state index contributed by atoms with van der Waals surface area (Å²) < 4.78 is 13.4. The molecule has 1 aromatic rings. The van der Waals surface area contributed by atoms with E-state index >= 15 is 0 Å². The summed E-state index contributed by atoms with van der Waals surface area (Å²) in [4.78, 5) is 15.4. The fourth-order valence-electron chi connectivity index (χ4n) is 6.68. The van der Waals surface area contributed by atoms with Gasteiger partial charge in [-0.2, -0.15) is 0 Å². The van der Waals surface area contributed by atoms with Gasteiger partial charge in [-0.25, -0.2) is 4.39 Å². The van der Waals surface area contributed by atoms with Gasteiger partial charge in [0, 0.05) is 30.2 Å². The zero-order valence-corrected chi connectivity index (χ0v) is 15.4. The molecule has 1 N–H and O–H groups in total. The first-order valence-corrected chi connectivity index (χ1v) is 10.4. The molecule has 4 bridgehead atoms. The molecule has 4 aliphatic carbocycles. The van der Waals surface area contributed by atoms with E-state index in [1.165, 1.54) is 25.3 Å². The minimum atomic E-state index is -0.181. The van der Waals surface area contributed by atoms with Gasteiger partial charge in [-0.05, 0) is 87.3 Å². The molecule has 26 heavy (non-hydrogen) atoms. The number of nitrogens with one attached hydrogen (secondary N) is 1. The Kier molecular flexibility index (Phi) is 3.98. The minimum absolute atomic E-state index is 0.0472. The van der Waals surface area contributed by atoms with E-state index in [9.17, 15) is 9.18 Å². The Morgan fingerprint density at radius 2 is 1.65 bits per heavy atom. The van der Waals surface area contributed by atoms with Crippen molar-refractivity contribution in [1.29, 1.82) is 0 Å². The summed E-state index contributed by atoms with van der Waals surface area (Å²) in [6.07, 6.45) is 9.42. The van der Waals surface area contributed by atoms with Crippen molar-refractivity contribution in [3.05, 3.63) is 30.1 Å². The van der Waals surface area contributed by atoms with E-state index in [4.69, 9.17) is 0 Å². The Labute approximate surface area is 155 Å². The number of amides is 1. The molecule has 5 aliphatic rings. The van der Waals surface area contributed by atoms with Crippen molar-refractivity contribution < 1.29 is 9.18 Å². The monoisotopic (exact) mass is 356 g/mol. The van der Waals surface area contributed by atoms with Crippen molar-refractivity contribution in [1.82, 2.24) is 5.32 Å². The number of halogens is 1. The maximum Gasteiger partial charge on any atom is 0.226 e. The van der Waals surface area contributed by atoms with Gasteiger partial charge in [-0.15, -0.1) is 0 Å². The van der Waals surface area contributed by atoms with Crippen LogP contribution in [-0.4, -0.2) is 25.0 Å². The Morgan fingerprint density at radius 3 is 2.23 bits per heavy atom. The van der Waals surface area contributed by atoms with Crippen LogP contribution >= 0.6 is 0 Å². The molecule has 0 aromatic heterocycles. The van der Waals surface area contributed by atoms with E-state index in [0.717, 1.165) is 68.6 Å². The molecule has 6 rings (SSSR count). The average Bonchev–Trinajstić information content (AvgIpc) is 2.61. The molecule has 140 valence electrons. The first-order valence-electron chi connectivity index (χ1n) is 10.4. The lowest BCUT2D eigenvalue weighted by atomic mass is 9.49. The van der Waals surface area contributed by atoms with Crippen LogP contribution in [-0.2, 0) is 4.79 Å². The fraction of sp³-hybridized carbons (Fsp3) is 0.682. The predicted molar refractivity (Wildman–Crippen MR) is 100 cm³/mol. The molecule has 1 saturated heterocycles. The van der Waals surface area contributed by atoms with Gasteiger partial charge in [0.15, 0.2) is 0 Å². The zero-order valence-electron chi connectivity index (χ0n) is 15.4. The van der Waals surface area contributed by atoms with Crippen molar-refractivity contribution in [2.75, 3.05) is 18.0 Å². The first kappa shape index (κ1) is 16.6. The molecule has 1 amide bonds. The maximum absolute atomic E-state index is 13.4. The van der Waals surface area contributed by atoms with Gasteiger partial charge in [0.1, 0.15) is 5.82 Å². The number of benzene rings is 1. The molecule has 0 atom stereocenters. The van der Waals surface area contributed by atoms with Crippen LogP contribution in [0.3, 0.4) is 0 Å². The third kappa shape index (κ3) is 2.91. The molecular weight excluding hydrogens is 327 g/mol. The molecule has 0 unspecified atom stereocenters. The van der Waals surface area contributed by atoms with Gasteiger partial charge in [-0.1, -0.05) is 6.07 Å². The van der Waals surface area contributed by atoms with Gasteiger partial charge >= 0.3 is 0 Å². The van der Waals surface area contributed by atoms with Crippen molar-refractivity contribution in [3.63, 3.8) is 0 Å². The highest BCUT2D eigenvalue weighted by atomic mass is 19.1. The average molecular weight is 356 g/mol. The Hall–Kier alpha value is -1.58. The number of nitrogens with zero attached hydrogens (tertiary/aromatic N) is 1. The lowest BCUT2D eigenvalue weighted by Gasteiger charge is -2.56. The lowest BCUT2D eigenvalue weighted by molar-refractivity contribution is -0.147. The van der Waals surface area contributed by atoms with Crippen LogP contribution in [0.1, 0.15) is 51.4 Å². The maximum atomic E-state index is 13.4. The number of anilines is 1. The van der Waals surface area contributed by atoms with Crippen molar-refractivity contribution >= 4 is 11.6 Å². The molecule has 1 heterocycles. The summed E-state index contributed by atoms with van der Waals surface area (Å²) in [5.74, 6) is 2.59. The highest BCUT2D eigenvalue weighted by molar-refractivity contribution is 5.83. The molecule has 5 fully saturated rings. The molecule has 3 nitrogen and oxygen atoms in total. The van der Waals surface area contributed by atoms with Crippen LogP contribution in [0, 0.1) is 29.0 Å². The second-order valence-corrected chi connectivity index (χ2v) is 9.41. The number of carbonyl (C=O) groups is 1. The summed E-state index contributed by atoms with van der Waals surface area (Å²) in [6.45, 7) is 1.77. The van der Waals surface area contributed by atoms with Gasteiger partial charge < -0.3 is 10.2 Å². The van der Waals surface area contributed by atoms with Crippen LogP contribution in [0.2, 0.25) is 0 Å². The second kappa shape index (κ2) is 6.24. The summed E-state index contributed by atoms with van der Waals surface area (Å²) >= 11 is 0. The second-order valence-electron chi connectivity index (χ2n) is 9.41. The standard InChI is InChI=1S/C22H29FN2O/c23-18-2-1-3-20(11-18)25-6-4-19(5-7-25)24-21(26)22-12-15-8-16(13-22)10-17(9-15)14-22/h1-3,11,15-17,19H,4-10,12-14H2,(H,24,26). The first-order chi connectivity index (χ1) is 12.6. The SMILES string of the molecule is O=C(NC1CCN(c2cccc(F)c2)CC1)C12CC3CC(CC(C3)C1)C2. The summed E-state index contributed by atoms with van der Waals surface area (Å²) in [5.41, 5.74) is 0.907. The van der Waals surface area contributed by atoms with E-state index < -0.39 is 0 Å². The quantitative estimate of drug-likeness (QED) is 0.883. The molecule has 1 aliphatic heterocycles. The third-order valence-corrected chi connectivity index (χ3v) is 7.52. The molecule has 4 heteroatoms. The number of hydrogen-bond acceptors (Lipinski definition) is 2. The van der Waals surface area contributed by atoms with Crippen LogP contribution in [0.15, 0.2) is 24.3 Å². The van der Waals surface area contributed by atoms with Crippen molar-refractivity contribution in [2.24, 2.45) is 23.2 Å². The summed E-state index contributed by atoms with van der Waals surface area (Å²) in [7, 11) is 0.